The Balaban J connectivity index is 1.82. The molecule has 4 nitrogen and oxygen atoms in total. The smallest absolute Gasteiger partial charge is 0.251 e. The highest BCUT2D eigenvalue weighted by Crippen LogP contribution is 2.25. The number of ether oxygens (including phenoxy) is 2. The van der Waals surface area contributed by atoms with Crippen LogP contribution in [0.25, 0.3) is 10.8 Å². The average molecular weight is 363 g/mol. The molecule has 0 saturated heterocycles. The van der Waals surface area contributed by atoms with Gasteiger partial charge in [0.2, 0.25) is 0 Å². The van der Waals surface area contributed by atoms with Crippen LogP contribution in [0.3, 0.4) is 0 Å². The second-order valence-electron chi connectivity index (χ2n) is 6.43. The highest BCUT2D eigenvalue weighted by Gasteiger charge is 2.15. The second-order valence-corrected chi connectivity index (χ2v) is 6.43. The maximum Gasteiger partial charge on any atom is 0.251 e. The monoisotopic (exact) mass is 363 g/mol. The molecule has 0 radical (unpaired) electrons. The van der Waals surface area contributed by atoms with Gasteiger partial charge in [-0.3, -0.25) is 4.79 Å². The Bertz CT molecular complexity index is 931. The zero-order chi connectivity index (χ0) is 19.2. The third kappa shape index (κ3) is 4.29. The van der Waals surface area contributed by atoms with Crippen molar-refractivity contribution in [2.24, 2.45) is 0 Å². The number of carbonyl (C=O) groups is 1. The third-order valence-corrected chi connectivity index (χ3v) is 4.64. The number of carbonyl (C=O) groups excluding carboxylic acids is 1. The lowest BCUT2D eigenvalue weighted by Crippen LogP contribution is -2.27. The molecule has 1 N–H and O–H groups in total. The largest absolute Gasteiger partial charge is 0.496 e. The quantitative estimate of drug-likeness (QED) is 0.651. The van der Waals surface area contributed by atoms with Crippen LogP contribution >= 0.6 is 0 Å². The molecule has 3 aromatic rings. The summed E-state index contributed by atoms with van der Waals surface area (Å²) in [6, 6.07) is 19.7. The van der Waals surface area contributed by atoms with Crippen molar-refractivity contribution in [3.05, 3.63) is 77.4 Å². The molecule has 3 rings (SSSR count). The summed E-state index contributed by atoms with van der Waals surface area (Å²) in [5, 5.41) is 5.42. The predicted octanol–water partition coefficient (Wildman–Crippen LogP) is 4.88. The Morgan fingerprint density at radius 3 is 2.63 bits per heavy atom. The highest BCUT2D eigenvalue weighted by atomic mass is 16.5. The Kier molecular flexibility index (Phi) is 6.09. The topological polar surface area (TPSA) is 47.6 Å². The van der Waals surface area contributed by atoms with Crippen LogP contribution in [0.1, 0.15) is 41.4 Å². The molecule has 1 atom stereocenters. The molecule has 0 saturated carbocycles. The number of amides is 1. The normalized spacial score (nSPS) is 12.0. The highest BCUT2D eigenvalue weighted by molar-refractivity contribution is 5.95. The van der Waals surface area contributed by atoms with E-state index < -0.39 is 0 Å². The molecule has 4 heteroatoms. The van der Waals surface area contributed by atoms with Crippen molar-refractivity contribution in [2.75, 3.05) is 13.7 Å². The number of rotatable bonds is 7. The predicted molar refractivity (Wildman–Crippen MR) is 108 cm³/mol. The first kappa shape index (κ1) is 18.9. The molecular formula is C23H25NO3. The summed E-state index contributed by atoms with van der Waals surface area (Å²) in [5.41, 5.74) is 2.56. The third-order valence-electron chi connectivity index (χ3n) is 4.64. The summed E-state index contributed by atoms with van der Waals surface area (Å²) < 4.78 is 10.8. The maximum absolute atomic E-state index is 12.8. The van der Waals surface area contributed by atoms with E-state index in [1.165, 1.54) is 5.39 Å². The minimum Gasteiger partial charge on any atom is -0.496 e. The molecule has 3 aromatic carbocycles. The van der Waals surface area contributed by atoms with Gasteiger partial charge in [-0.15, -0.1) is 0 Å². The minimum absolute atomic E-state index is 0.110. The van der Waals surface area contributed by atoms with Crippen LogP contribution in [0.2, 0.25) is 0 Å². The number of nitrogens with one attached hydrogen (secondary N) is 1. The van der Waals surface area contributed by atoms with Gasteiger partial charge in [-0.05, 0) is 48.4 Å². The van der Waals surface area contributed by atoms with Crippen molar-refractivity contribution >= 4 is 16.7 Å². The average Bonchev–Trinajstić information content (AvgIpc) is 2.71. The van der Waals surface area contributed by atoms with Crippen LogP contribution < -0.4 is 10.1 Å². The van der Waals surface area contributed by atoms with Gasteiger partial charge in [-0.25, -0.2) is 0 Å². The Labute approximate surface area is 160 Å². The molecule has 0 aliphatic rings. The van der Waals surface area contributed by atoms with Gasteiger partial charge in [0.25, 0.3) is 5.91 Å². The van der Waals surface area contributed by atoms with E-state index in [0.717, 1.165) is 22.3 Å². The molecule has 0 bridgehead atoms. The Hall–Kier alpha value is -2.85. The van der Waals surface area contributed by atoms with Crippen LogP contribution in [0.4, 0.5) is 0 Å². The second kappa shape index (κ2) is 8.69. The molecule has 0 aliphatic carbocycles. The van der Waals surface area contributed by atoms with Gasteiger partial charge < -0.3 is 14.8 Å². The SMILES string of the molecule is CCOCc1cc(C(=O)NC(C)c2cccc3ccccc23)ccc1OC. The van der Waals surface area contributed by atoms with Crippen molar-refractivity contribution in [2.45, 2.75) is 26.5 Å². The van der Waals surface area contributed by atoms with Crippen LogP contribution in [0, 0.1) is 0 Å². The number of methoxy groups -OCH3 is 1. The van der Waals surface area contributed by atoms with E-state index in [-0.39, 0.29) is 11.9 Å². The summed E-state index contributed by atoms with van der Waals surface area (Å²) in [7, 11) is 1.62. The molecule has 140 valence electrons. The van der Waals surface area contributed by atoms with Gasteiger partial charge in [-0.1, -0.05) is 42.5 Å². The van der Waals surface area contributed by atoms with E-state index in [0.29, 0.717) is 18.8 Å². The fourth-order valence-electron chi connectivity index (χ4n) is 3.23. The van der Waals surface area contributed by atoms with Crippen molar-refractivity contribution in [1.82, 2.24) is 5.32 Å². The van der Waals surface area contributed by atoms with Gasteiger partial charge in [0.05, 0.1) is 19.8 Å². The summed E-state index contributed by atoms with van der Waals surface area (Å²) in [4.78, 5) is 12.8. The van der Waals surface area contributed by atoms with Crippen molar-refractivity contribution in [1.29, 1.82) is 0 Å². The molecule has 0 fully saturated rings. The minimum atomic E-state index is -0.115. The van der Waals surface area contributed by atoms with Crippen LogP contribution in [-0.2, 0) is 11.3 Å². The van der Waals surface area contributed by atoms with Crippen LogP contribution in [0.15, 0.2) is 60.7 Å². The van der Waals surface area contributed by atoms with E-state index in [1.807, 2.05) is 44.2 Å². The van der Waals surface area contributed by atoms with Gasteiger partial charge in [0, 0.05) is 17.7 Å². The lowest BCUT2D eigenvalue weighted by molar-refractivity contribution is 0.0939. The van der Waals surface area contributed by atoms with Crippen molar-refractivity contribution in [3.63, 3.8) is 0 Å². The fraction of sp³-hybridized carbons (Fsp3) is 0.261. The zero-order valence-corrected chi connectivity index (χ0v) is 16.0. The molecular weight excluding hydrogens is 338 g/mol. The van der Waals surface area contributed by atoms with Gasteiger partial charge in [-0.2, -0.15) is 0 Å². The van der Waals surface area contributed by atoms with Crippen molar-refractivity contribution < 1.29 is 14.3 Å². The lowest BCUT2D eigenvalue weighted by Gasteiger charge is -2.17. The Morgan fingerprint density at radius 1 is 1.07 bits per heavy atom. The van der Waals surface area contributed by atoms with Crippen molar-refractivity contribution in [3.8, 4) is 5.75 Å². The molecule has 1 amide bonds. The fourth-order valence-corrected chi connectivity index (χ4v) is 3.23. The standard InChI is InChI=1S/C23H25NO3/c1-4-27-15-19-14-18(12-13-22(19)26-3)23(25)24-16(2)20-11-7-9-17-8-5-6-10-21(17)20/h5-14,16H,4,15H2,1-3H3,(H,24,25). The first-order chi connectivity index (χ1) is 13.1. The van der Waals surface area contributed by atoms with Gasteiger partial charge >= 0.3 is 0 Å². The first-order valence-corrected chi connectivity index (χ1v) is 9.17. The molecule has 1 unspecified atom stereocenters. The van der Waals surface area contributed by atoms with E-state index in [4.69, 9.17) is 9.47 Å². The molecule has 0 aromatic heterocycles. The molecule has 0 aliphatic heterocycles. The number of hydrogen-bond acceptors (Lipinski definition) is 3. The van der Waals surface area contributed by atoms with Crippen LogP contribution in [0.5, 0.6) is 5.75 Å². The Morgan fingerprint density at radius 2 is 1.85 bits per heavy atom. The number of benzene rings is 3. The zero-order valence-electron chi connectivity index (χ0n) is 16.0. The summed E-state index contributed by atoms with van der Waals surface area (Å²) in [5.74, 6) is 0.609. The number of hydrogen-bond donors (Lipinski definition) is 1. The van der Waals surface area contributed by atoms with E-state index in [9.17, 15) is 4.79 Å². The molecule has 0 heterocycles. The molecule has 0 spiro atoms. The van der Waals surface area contributed by atoms with E-state index >= 15 is 0 Å². The van der Waals surface area contributed by atoms with E-state index in [1.54, 1.807) is 13.2 Å². The number of fused-ring (bicyclic) bond motifs is 1. The lowest BCUT2D eigenvalue weighted by atomic mass is 9.99. The van der Waals surface area contributed by atoms with Gasteiger partial charge in [0.15, 0.2) is 0 Å². The first-order valence-electron chi connectivity index (χ1n) is 9.17. The van der Waals surface area contributed by atoms with Crippen LogP contribution in [-0.4, -0.2) is 19.6 Å². The van der Waals surface area contributed by atoms with Gasteiger partial charge in [0.1, 0.15) is 5.75 Å². The summed E-state index contributed by atoms with van der Waals surface area (Å²) >= 11 is 0. The summed E-state index contributed by atoms with van der Waals surface area (Å²) in [6.45, 7) is 4.97. The molecule has 27 heavy (non-hydrogen) atoms. The maximum atomic E-state index is 12.8. The summed E-state index contributed by atoms with van der Waals surface area (Å²) in [6.07, 6.45) is 0. The van der Waals surface area contributed by atoms with E-state index in [2.05, 4.69) is 29.6 Å².